The van der Waals surface area contributed by atoms with Crippen molar-refractivity contribution < 1.29 is 0 Å². The predicted molar refractivity (Wildman–Crippen MR) is 87.6 cm³/mol. The molecule has 1 fully saturated rings. The van der Waals surface area contributed by atoms with Crippen LogP contribution in [0.3, 0.4) is 0 Å². The summed E-state index contributed by atoms with van der Waals surface area (Å²) in [5, 5.41) is 7.78. The van der Waals surface area contributed by atoms with Crippen molar-refractivity contribution in [3.63, 3.8) is 0 Å². The number of anilines is 2. The van der Waals surface area contributed by atoms with E-state index in [0.717, 1.165) is 35.7 Å². The molecule has 1 aromatic heterocycles. The Balaban J connectivity index is 2.10. The molecule has 2 rings (SSSR count). The molecule has 0 aromatic carbocycles. The number of hydrogen-bond acceptors (Lipinski definition) is 5. The lowest BCUT2D eigenvalue weighted by molar-refractivity contribution is 0.435. The Hall–Kier alpha value is -0.970. The van der Waals surface area contributed by atoms with Crippen LogP contribution in [0, 0.1) is 11.8 Å². The van der Waals surface area contributed by atoms with Gasteiger partial charge in [0.05, 0.1) is 0 Å². The van der Waals surface area contributed by atoms with Crippen molar-refractivity contribution in [2.24, 2.45) is 11.8 Å². The third-order valence-corrected chi connectivity index (χ3v) is 4.79. The van der Waals surface area contributed by atoms with E-state index in [1.165, 1.54) is 12.8 Å². The Labute approximate surface area is 126 Å². The molecule has 112 valence electrons. The summed E-state index contributed by atoms with van der Waals surface area (Å²) in [4.78, 5) is 9.08. The standard InChI is InChI=1S/C15H26N4S/c1-5-8-16-13-9-14(19-15(18-13)20-4)17-12-7-6-10(2)11(12)3/h9-12H,5-8H2,1-4H3,(H2,16,17,18,19). The highest BCUT2D eigenvalue weighted by molar-refractivity contribution is 7.98. The zero-order valence-electron chi connectivity index (χ0n) is 12.9. The lowest BCUT2D eigenvalue weighted by Crippen LogP contribution is -2.24. The number of aromatic nitrogens is 2. The summed E-state index contributed by atoms with van der Waals surface area (Å²) < 4.78 is 0. The van der Waals surface area contributed by atoms with E-state index in [1.807, 2.05) is 12.3 Å². The monoisotopic (exact) mass is 294 g/mol. The molecule has 0 aliphatic heterocycles. The first kappa shape index (κ1) is 15.4. The maximum absolute atomic E-state index is 4.58. The first-order valence-corrected chi connectivity index (χ1v) is 8.80. The van der Waals surface area contributed by atoms with Crippen LogP contribution in [0.2, 0.25) is 0 Å². The molecule has 1 heterocycles. The largest absolute Gasteiger partial charge is 0.370 e. The summed E-state index contributed by atoms with van der Waals surface area (Å²) in [5.74, 6) is 3.38. The van der Waals surface area contributed by atoms with Gasteiger partial charge in [-0.05, 0) is 37.4 Å². The zero-order valence-corrected chi connectivity index (χ0v) is 13.8. The predicted octanol–water partition coefficient (Wildman–Crippen LogP) is 3.87. The van der Waals surface area contributed by atoms with Gasteiger partial charge >= 0.3 is 0 Å². The van der Waals surface area contributed by atoms with Gasteiger partial charge in [-0.15, -0.1) is 0 Å². The SMILES string of the molecule is CCCNc1cc(NC2CCC(C)C2C)nc(SC)n1. The van der Waals surface area contributed by atoms with E-state index in [4.69, 9.17) is 0 Å². The van der Waals surface area contributed by atoms with E-state index in [9.17, 15) is 0 Å². The van der Waals surface area contributed by atoms with E-state index in [-0.39, 0.29) is 0 Å². The highest BCUT2D eigenvalue weighted by Gasteiger charge is 2.29. The van der Waals surface area contributed by atoms with Crippen molar-refractivity contribution in [2.45, 2.75) is 51.2 Å². The number of nitrogens with zero attached hydrogens (tertiary/aromatic N) is 2. The minimum atomic E-state index is 0.536. The van der Waals surface area contributed by atoms with Gasteiger partial charge in [-0.25, -0.2) is 9.97 Å². The van der Waals surface area contributed by atoms with Gasteiger partial charge in [0.1, 0.15) is 11.6 Å². The number of hydrogen-bond donors (Lipinski definition) is 2. The summed E-state index contributed by atoms with van der Waals surface area (Å²) in [6, 6.07) is 2.57. The second kappa shape index (κ2) is 7.16. The zero-order chi connectivity index (χ0) is 14.5. The lowest BCUT2D eigenvalue weighted by Gasteiger charge is -2.20. The van der Waals surface area contributed by atoms with E-state index < -0.39 is 0 Å². The molecule has 1 aromatic rings. The van der Waals surface area contributed by atoms with Crippen molar-refractivity contribution in [1.29, 1.82) is 0 Å². The molecule has 20 heavy (non-hydrogen) atoms. The van der Waals surface area contributed by atoms with Crippen molar-refractivity contribution in [2.75, 3.05) is 23.4 Å². The molecule has 0 spiro atoms. The Kier molecular flexibility index (Phi) is 5.52. The third kappa shape index (κ3) is 3.78. The molecule has 0 amide bonds. The fourth-order valence-electron chi connectivity index (χ4n) is 2.69. The number of thioether (sulfide) groups is 1. The average Bonchev–Trinajstić information content (AvgIpc) is 2.77. The third-order valence-electron chi connectivity index (χ3n) is 4.24. The molecular weight excluding hydrogens is 268 g/mol. The van der Waals surface area contributed by atoms with E-state index in [0.29, 0.717) is 12.0 Å². The van der Waals surface area contributed by atoms with Gasteiger partial charge < -0.3 is 10.6 Å². The molecular formula is C15H26N4S. The highest BCUT2D eigenvalue weighted by atomic mass is 32.2. The van der Waals surface area contributed by atoms with Gasteiger partial charge in [0.25, 0.3) is 0 Å². The molecule has 0 saturated heterocycles. The molecule has 1 aliphatic rings. The molecule has 3 unspecified atom stereocenters. The van der Waals surface area contributed by atoms with Crippen LogP contribution in [0.4, 0.5) is 11.6 Å². The maximum Gasteiger partial charge on any atom is 0.191 e. The summed E-state index contributed by atoms with van der Waals surface area (Å²) in [7, 11) is 0. The van der Waals surface area contributed by atoms with Crippen LogP contribution in [0.25, 0.3) is 0 Å². The molecule has 0 radical (unpaired) electrons. The Morgan fingerprint density at radius 3 is 2.60 bits per heavy atom. The quantitative estimate of drug-likeness (QED) is 0.616. The Morgan fingerprint density at radius 2 is 2.00 bits per heavy atom. The van der Waals surface area contributed by atoms with Crippen LogP contribution in [-0.2, 0) is 0 Å². The molecule has 1 aliphatic carbocycles. The fraction of sp³-hybridized carbons (Fsp3) is 0.733. The van der Waals surface area contributed by atoms with Crippen LogP contribution in [0.5, 0.6) is 0 Å². The maximum atomic E-state index is 4.58. The Bertz CT molecular complexity index is 438. The number of nitrogens with one attached hydrogen (secondary N) is 2. The second-order valence-electron chi connectivity index (χ2n) is 5.72. The van der Waals surface area contributed by atoms with Gasteiger partial charge in [-0.3, -0.25) is 0 Å². The van der Waals surface area contributed by atoms with Crippen LogP contribution < -0.4 is 10.6 Å². The van der Waals surface area contributed by atoms with Crippen molar-refractivity contribution >= 4 is 23.4 Å². The minimum absolute atomic E-state index is 0.536. The van der Waals surface area contributed by atoms with Crippen LogP contribution in [0.1, 0.15) is 40.0 Å². The van der Waals surface area contributed by atoms with Gasteiger partial charge in [0.2, 0.25) is 0 Å². The molecule has 4 nitrogen and oxygen atoms in total. The van der Waals surface area contributed by atoms with Crippen molar-refractivity contribution in [1.82, 2.24) is 9.97 Å². The first-order valence-electron chi connectivity index (χ1n) is 7.57. The summed E-state index contributed by atoms with van der Waals surface area (Å²) in [6.45, 7) is 7.78. The van der Waals surface area contributed by atoms with Crippen LogP contribution in [0.15, 0.2) is 11.2 Å². The lowest BCUT2D eigenvalue weighted by atomic mass is 9.98. The summed E-state index contributed by atoms with van der Waals surface area (Å²) in [6.07, 6.45) is 5.65. The van der Waals surface area contributed by atoms with Crippen LogP contribution >= 0.6 is 11.8 Å². The van der Waals surface area contributed by atoms with Gasteiger partial charge in [-0.2, -0.15) is 0 Å². The van der Waals surface area contributed by atoms with Crippen LogP contribution in [-0.4, -0.2) is 28.8 Å². The van der Waals surface area contributed by atoms with E-state index in [1.54, 1.807) is 11.8 Å². The van der Waals surface area contributed by atoms with Gasteiger partial charge in [0.15, 0.2) is 5.16 Å². The number of rotatable bonds is 6. The van der Waals surface area contributed by atoms with E-state index >= 15 is 0 Å². The normalized spacial score (nSPS) is 25.7. The molecule has 0 bridgehead atoms. The van der Waals surface area contributed by atoms with E-state index in [2.05, 4.69) is 41.4 Å². The summed E-state index contributed by atoms with van der Waals surface area (Å²) in [5.41, 5.74) is 0. The fourth-order valence-corrected chi connectivity index (χ4v) is 3.07. The van der Waals surface area contributed by atoms with Gasteiger partial charge in [0, 0.05) is 18.7 Å². The molecule has 2 N–H and O–H groups in total. The molecule has 3 atom stereocenters. The first-order chi connectivity index (χ1) is 9.63. The van der Waals surface area contributed by atoms with Crippen molar-refractivity contribution in [3.05, 3.63) is 6.07 Å². The molecule has 5 heteroatoms. The van der Waals surface area contributed by atoms with Gasteiger partial charge in [-0.1, -0.05) is 32.5 Å². The topological polar surface area (TPSA) is 49.8 Å². The smallest absolute Gasteiger partial charge is 0.191 e. The minimum Gasteiger partial charge on any atom is -0.370 e. The Morgan fingerprint density at radius 1 is 1.25 bits per heavy atom. The molecule has 1 saturated carbocycles. The highest BCUT2D eigenvalue weighted by Crippen LogP contribution is 2.33. The average molecular weight is 294 g/mol. The van der Waals surface area contributed by atoms with Crippen molar-refractivity contribution in [3.8, 4) is 0 Å². The second-order valence-corrected chi connectivity index (χ2v) is 6.49. The summed E-state index contributed by atoms with van der Waals surface area (Å²) >= 11 is 1.59.